The fourth-order valence-corrected chi connectivity index (χ4v) is 2.66. The van der Waals surface area contributed by atoms with E-state index < -0.39 is 11.7 Å². The minimum absolute atomic E-state index is 0.126. The molecule has 0 bridgehead atoms. The van der Waals surface area contributed by atoms with Crippen molar-refractivity contribution in [3.63, 3.8) is 0 Å². The van der Waals surface area contributed by atoms with E-state index in [0.717, 1.165) is 37.0 Å². The molecule has 1 aromatic heterocycles. The molecule has 0 amide bonds. The first-order valence-electron chi connectivity index (χ1n) is 6.88. The van der Waals surface area contributed by atoms with Crippen molar-refractivity contribution >= 4 is 0 Å². The lowest BCUT2D eigenvalue weighted by Crippen LogP contribution is -2.30. The molecular formula is C15H16F3N3. The fraction of sp³-hybridized carbons (Fsp3) is 0.400. The number of aryl methyl sites for hydroxylation is 1. The summed E-state index contributed by atoms with van der Waals surface area (Å²) in [5, 5.41) is 0. The predicted molar refractivity (Wildman–Crippen MR) is 72.8 cm³/mol. The van der Waals surface area contributed by atoms with Crippen molar-refractivity contribution in [2.45, 2.75) is 38.0 Å². The van der Waals surface area contributed by atoms with Gasteiger partial charge in [0, 0.05) is 31.6 Å². The van der Waals surface area contributed by atoms with Crippen molar-refractivity contribution in [1.29, 1.82) is 0 Å². The van der Waals surface area contributed by atoms with Gasteiger partial charge in [0.1, 0.15) is 5.82 Å². The Balaban J connectivity index is 1.81. The van der Waals surface area contributed by atoms with Crippen molar-refractivity contribution < 1.29 is 13.2 Å². The molecule has 0 fully saturated rings. The summed E-state index contributed by atoms with van der Waals surface area (Å²) >= 11 is 0. The molecule has 0 spiro atoms. The summed E-state index contributed by atoms with van der Waals surface area (Å²) in [5.41, 5.74) is 6.69. The second-order valence-electron chi connectivity index (χ2n) is 5.47. The van der Waals surface area contributed by atoms with Gasteiger partial charge in [-0.25, -0.2) is 4.98 Å². The molecule has 2 aromatic rings. The third-order valence-electron chi connectivity index (χ3n) is 3.73. The molecule has 1 aliphatic heterocycles. The smallest absolute Gasteiger partial charge is 0.335 e. The highest BCUT2D eigenvalue weighted by Crippen LogP contribution is 2.30. The highest BCUT2D eigenvalue weighted by molar-refractivity contribution is 5.29. The van der Waals surface area contributed by atoms with E-state index in [4.69, 9.17) is 5.73 Å². The van der Waals surface area contributed by atoms with Gasteiger partial charge in [0.25, 0.3) is 0 Å². The molecule has 1 aliphatic rings. The Morgan fingerprint density at radius 2 is 2.14 bits per heavy atom. The van der Waals surface area contributed by atoms with E-state index in [-0.39, 0.29) is 6.04 Å². The van der Waals surface area contributed by atoms with E-state index in [0.29, 0.717) is 12.0 Å². The van der Waals surface area contributed by atoms with E-state index in [9.17, 15) is 13.2 Å². The Morgan fingerprint density at radius 1 is 1.33 bits per heavy atom. The number of fused-ring (bicyclic) bond motifs is 1. The number of rotatable bonds is 2. The summed E-state index contributed by atoms with van der Waals surface area (Å²) in [6, 6.07) is 5.52. The normalized spacial score (nSPS) is 18.6. The van der Waals surface area contributed by atoms with Gasteiger partial charge in [0.05, 0.1) is 11.3 Å². The molecule has 2 N–H and O–H groups in total. The third-order valence-corrected chi connectivity index (χ3v) is 3.73. The van der Waals surface area contributed by atoms with Crippen LogP contribution >= 0.6 is 0 Å². The maximum absolute atomic E-state index is 12.7. The van der Waals surface area contributed by atoms with Crippen LogP contribution in [0.1, 0.15) is 29.1 Å². The van der Waals surface area contributed by atoms with Gasteiger partial charge in [0.2, 0.25) is 0 Å². The summed E-state index contributed by atoms with van der Waals surface area (Å²) in [5.74, 6) is 0.927. The van der Waals surface area contributed by atoms with Gasteiger partial charge in [-0.1, -0.05) is 18.2 Å². The number of hydrogen-bond acceptors (Lipinski definition) is 2. The Hall–Kier alpha value is -1.82. The SMILES string of the molecule is NC1CCn2cc(Cc3cccc(C(F)(F)F)c3)nc2C1. The number of imidazole rings is 1. The average molecular weight is 295 g/mol. The lowest BCUT2D eigenvalue weighted by molar-refractivity contribution is -0.137. The molecule has 112 valence electrons. The Kier molecular flexibility index (Phi) is 3.49. The Labute approximate surface area is 120 Å². The second kappa shape index (κ2) is 5.18. The minimum Gasteiger partial charge on any atom is -0.335 e. The number of nitrogens with zero attached hydrogens (tertiary/aromatic N) is 2. The van der Waals surface area contributed by atoms with Crippen molar-refractivity contribution in [2.75, 3.05) is 0 Å². The molecular weight excluding hydrogens is 279 g/mol. The highest BCUT2D eigenvalue weighted by Gasteiger charge is 2.30. The van der Waals surface area contributed by atoms with E-state index >= 15 is 0 Å². The van der Waals surface area contributed by atoms with Crippen LogP contribution in [0.3, 0.4) is 0 Å². The van der Waals surface area contributed by atoms with Crippen LogP contribution in [0.2, 0.25) is 0 Å². The van der Waals surface area contributed by atoms with E-state index in [1.807, 2.05) is 10.8 Å². The molecule has 0 saturated heterocycles. The van der Waals surface area contributed by atoms with Gasteiger partial charge in [-0.15, -0.1) is 0 Å². The van der Waals surface area contributed by atoms with Gasteiger partial charge in [0.15, 0.2) is 0 Å². The molecule has 1 atom stereocenters. The summed E-state index contributed by atoms with van der Waals surface area (Å²) < 4.78 is 40.2. The van der Waals surface area contributed by atoms with Gasteiger partial charge < -0.3 is 10.3 Å². The van der Waals surface area contributed by atoms with E-state index in [2.05, 4.69) is 4.98 Å². The first-order valence-corrected chi connectivity index (χ1v) is 6.88. The topological polar surface area (TPSA) is 43.8 Å². The largest absolute Gasteiger partial charge is 0.416 e. The molecule has 2 heterocycles. The maximum atomic E-state index is 12.7. The van der Waals surface area contributed by atoms with E-state index in [1.165, 1.54) is 12.1 Å². The van der Waals surface area contributed by atoms with Gasteiger partial charge in [-0.2, -0.15) is 13.2 Å². The number of alkyl halides is 3. The lowest BCUT2D eigenvalue weighted by atomic mass is 10.1. The number of benzene rings is 1. The molecule has 0 saturated carbocycles. The van der Waals surface area contributed by atoms with Crippen molar-refractivity contribution in [3.8, 4) is 0 Å². The summed E-state index contributed by atoms with van der Waals surface area (Å²) in [4.78, 5) is 4.49. The third kappa shape index (κ3) is 3.10. The molecule has 0 radical (unpaired) electrons. The van der Waals surface area contributed by atoms with E-state index in [1.54, 1.807) is 6.07 Å². The number of halogens is 3. The average Bonchev–Trinajstić information content (AvgIpc) is 2.79. The maximum Gasteiger partial charge on any atom is 0.416 e. The Bertz CT molecular complexity index is 646. The molecule has 3 nitrogen and oxygen atoms in total. The molecule has 3 rings (SSSR count). The first-order chi connectivity index (χ1) is 9.91. The molecule has 1 unspecified atom stereocenters. The van der Waals surface area contributed by atoms with Crippen LogP contribution < -0.4 is 5.73 Å². The fourth-order valence-electron chi connectivity index (χ4n) is 2.66. The number of aromatic nitrogens is 2. The predicted octanol–water partition coefficient (Wildman–Crippen LogP) is 2.77. The molecule has 0 aliphatic carbocycles. The quantitative estimate of drug-likeness (QED) is 0.926. The summed E-state index contributed by atoms with van der Waals surface area (Å²) in [7, 11) is 0. The minimum atomic E-state index is -4.31. The second-order valence-corrected chi connectivity index (χ2v) is 5.47. The molecule has 6 heteroatoms. The zero-order chi connectivity index (χ0) is 15.0. The van der Waals surface area contributed by atoms with Gasteiger partial charge in [-0.3, -0.25) is 0 Å². The van der Waals surface area contributed by atoms with Gasteiger partial charge >= 0.3 is 6.18 Å². The van der Waals surface area contributed by atoms with Crippen molar-refractivity contribution in [3.05, 3.63) is 53.1 Å². The van der Waals surface area contributed by atoms with Crippen molar-refractivity contribution in [1.82, 2.24) is 9.55 Å². The van der Waals surface area contributed by atoms with Crippen LogP contribution in [0.4, 0.5) is 13.2 Å². The Morgan fingerprint density at radius 3 is 2.90 bits per heavy atom. The van der Waals surface area contributed by atoms with Crippen molar-refractivity contribution in [2.24, 2.45) is 5.73 Å². The zero-order valence-electron chi connectivity index (χ0n) is 11.4. The van der Waals surface area contributed by atoms with Crippen LogP contribution in [0.25, 0.3) is 0 Å². The lowest BCUT2D eigenvalue weighted by Gasteiger charge is -2.18. The summed E-state index contributed by atoms with van der Waals surface area (Å²) in [6.45, 7) is 0.825. The van der Waals surface area contributed by atoms with Crippen LogP contribution in [-0.2, 0) is 25.6 Å². The van der Waals surface area contributed by atoms with Crippen LogP contribution in [0.5, 0.6) is 0 Å². The van der Waals surface area contributed by atoms with Crippen LogP contribution in [0, 0.1) is 0 Å². The number of hydrogen-bond donors (Lipinski definition) is 1. The highest BCUT2D eigenvalue weighted by atomic mass is 19.4. The standard InChI is InChI=1S/C15H16F3N3/c16-15(17,18)11-3-1-2-10(6-11)7-13-9-21-5-4-12(19)8-14(21)20-13/h1-3,6,9,12H,4-5,7-8,19H2. The van der Waals surface area contributed by atoms with Crippen LogP contribution in [-0.4, -0.2) is 15.6 Å². The van der Waals surface area contributed by atoms with Crippen LogP contribution in [0.15, 0.2) is 30.5 Å². The number of nitrogens with two attached hydrogens (primary N) is 1. The molecule has 1 aromatic carbocycles. The van der Waals surface area contributed by atoms with Gasteiger partial charge in [-0.05, 0) is 18.1 Å². The molecule has 21 heavy (non-hydrogen) atoms. The first kappa shape index (κ1) is 14.1. The summed E-state index contributed by atoms with van der Waals surface area (Å²) in [6.07, 6.45) is -0.355. The zero-order valence-corrected chi connectivity index (χ0v) is 11.4. The monoisotopic (exact) mass is 295 g/mol.